The number of fused-ring (bicyclic) bond motifs is 1. The quantitative estimate of drug-likeness (QED) is 0.923. The van der Waals surface area contributed by atoms with E-state index in [4.69, 9.17) is 0 Å². The predicted octanol–water partition coefficient (Wildman–Crippen LogP) is 3.62. The first-order chi connectivity index (χ1) is 10.7. The van der Waals surface area contributed by atoms with E-state index in [0.29, 0.717) is 11.1 Å². The third-order valence-corrected chi connectivity index (χ3v) is 5.81. The Morgan fingerprint density at radius 3 is 2.73 bits per heavy atom. The van der Waals surface area contributed by atoms with E-state index < -0.39 is 0 Å². The Kier molecular flexibility index (Phi) is 4.55. The number of hydrogen-bond acceptors (Lipinski definition) is 2. The van der Waals surface area contributed by atoms with Crippen LogP contribution in [-0.4, -0.2) is 22.0 Å². The zero-order valence-corrected chi connectivity index (χ0v) is 14.1. The summed E-state index contributed by atoms with van der Waals surface area (Å²) in [7, 11) is 0. The Morgan fingerprint density at radius 2 is 2.00 bits per heavy atom. The van der Waals surface area contributed by atoms with Crippen LogP contribution in [0.3, 0.4) is 0 Å². The van der Waals surface area contributed by atoms with Crippen molar-refractivity contribution in [2.75, 3.05) is 6.54 Å². The largest absolute Gasteiger partial charge is 0.350 e. The highest BCUT2D eigenvalue weighted by Gasteiger charge is 2.31. The second-order valence-corrected chi connectivity index (χ2v) is 7.16. The van der Waals surface area contributed by atoms with Crippen LogP contribution in [0.15, 0.2) is 0 Å². The second kappa shape index (κ2) is 6.43. The molecule has 0 bridgehead atoms. The van der Waals surface area contributed by atoms with E-state index in [2.05, 4.69) is 21.8 Å². The molecule has 0 radical (unpaired) electrons. The normalized spacial score (nSPS) is 20.5. The van der Waals surface area contributed by atoms with Gasteiger partial charge in [-0.1, -0.05) is 26.2 Å². The summed E-state index contributed by atoms with van der Waals surface area (Å²) in [6.07, 6.45) is 11.0. The van der Waals surface area contributed by atoms with Crippen molar-refractivity contribution in [1.82, 2.24) is 14.9 Å². The van der Waals surface area contributed by atoms with Crippen LogP contribution in [0, 0.1) is 12.3 Å². The Bertz CT molecular complexity index is 541. The number of nitrogens with one attached hydrogen (secondary N) is 1. The van der Waals surface area contributed by atoms with E-state index in [1.807, 2.05) is 6.92 Å². The average molecular weight is 303 g/mol. The van der Waals surface area contributed by atoms with Crippen molar-refractivity contribution in [3.63, 3.8) is 0 Å². The molecule has 1 aromatic rings. The summed E-state index contributed by atoms with van der Waals surface area (Å²) >= 11 is 0. The van der Waals surface area contributed by atoms with Gasteiger partial charge in [-0.05, 0) is 50.9 Å². The topological polar surface area (TPSA) is 46.9 Å². The van der Waals surface area contributed by atoms with Gasteiger partial charge in [-0.3, -0.25) is 4.79 Å². The van der Waals surface area contributed by atoms with Crippen LogP contribution in [0.2, 0.25) is 0 Å². The molecule has 0 aromatic carbocycles. The van der Waals surface area contributed by atoms with E-state index in [0.717, 1.165) is 37.4 Å². The molecule has 0 unspecified atom stereocenters. The lowest BCUT2D eigenvalue weighted by Crippen LogP contribution is -2.39. The molecule has 0 saturated heterocycles. The summed E-state index contributed by atoms with van der Waals surface area (Å²) in [6, 6.07) is 0. The first kappa shape index (κ1) is 15.6. The summed E-state index contributed by atoms with van der Waals surface area (Å²) in [5.41, 5.74) is 2.15. The minimum Gasteiger partial charge on any atom is -0.350 e. The Hall–Kier alpha value is -1.32. The van der Waals surface area contributed by atoms with Gasteiger partial charge in [0.05, 0.1) is 5.69 Å². The lowest BCUT2D eigenvalue weighted by Gasteiger charge is -2.36. The van der Waals surface area contributed by atoms with E-state index in [9.17, 15) is 4.79 Å². The molecule has 0 atom stereocenters. The van der Waals surface area contributed by atoms with E-state index in [1.165, 1.54) is 44.9 Å². The number of nitrogens with zero attached hydrogens (tertiary/aromatic N) is 2. The molecule has 0 spiro atoms. The molecule has 1 aliphatic carbocycles. The van der Waals surface area contributed by atoms with Gasteiger partial charge >= 0.3 is 0 Å². The van der Waals surface area contributed by atoms with Gasteiger partial charge in [-0.2, -0.15) is 0 Å². The van der Waals surface area contributed by atoms with Crippen LogP contribution in [0.4, 0.5) is 0 Å². The number of carbonyl (C=O) groups excluding carboxylic acids is 1. The first-order valence-electron chi connectivity index (χ1n) is 8.99. The number of aryl methyl sites for hydroxylation is 1. The fraction of sp³-hybridized carbons (Fsp3) is 0.778. The zero-order valence-electron chi connectivity index (χ0n) is 14.1. The SMILES string of the molecule is CCC1(CNC(=O)c2nc(C)n3c2CCCC3)CCCCC1. The highest BCUT2D eigenvalue weighted by molar-refractivity contribution is 5.93. The monoisotopic (exact) mass is 303 g/mol. The molecular formula is C18H29N3O. The van der Waals surface area contributed by atoms with Crippen molar-refractivity contribution in [3.8, 4) is 0 Å². The third kappa shape index (κ3) is 2.92. The maximum Gasteiger partial charge on any atom is 0.271 e. The molecule has 1 saturated carbocycles. The molecule has 4 nitrogen and oxygen atoms in total. The minimum atomic E-state index is 0.0390. The van der Waals surface area contributed by atoms with Crippen molar-refractivity contribution < 1.29 is 4.79 Å². The van der Waals surface area contributed by atoms with Gasteiger partial charge < -0.3 is 9.88 Å². The zero-order chi connectivity index (χ0) is 15.6. The van der Waals surface area contributed by atoms with Crippen LogP contribution >= 0.6 is 0 Å². The number of aromatic nitrogens is 2. The summed E-state index contributed by atoms with van der Waals surface area (Å²) in [5, 5.41) is 3.21. The van der Waals surface area contributed by atoms with Gasteiger partial charge in [0, 0.05) is 13.1 Å². The van der Waals surface area contributed by atoms with E-state index in [1.54, 1.807) is 0 Å². The second-order valence-electron chi connectivity index (χ2n) is 7.16. The summed E-state index contributed by atoms with van der Waals surface area (Å²) in [4.78, 5) is 17.2. The Labute approximate surface area is 133 Å². The van der Waals surface area contributed by atoms with Crippen molar-refractivity contribution in [3.05, 3.63) is 17.2 Å². The van der Waals surface area contributed by atoms with Crippen molar-refractivity contribution >= 4 is 5.91 Å². The first-order valence-corrected chi connectivity index (χ1v) is 8.99. The van der Waals surface area contributed by atoms with Gasteiger partial charge in [-0.25, -0.2) is 4.98 Å². The molecule has 2 aliphatic rings. The van der Waals surface area contributed by atoms with Crippen LogP contribution in [-0.2, 0) is 13.0 Å². The predicted molar refractivity (Wildman–Crippen MR) is 88.0 cm³/mol. The Morgan fingerprint density at radius 1 is 1.23 bits per heavy atom. The average Bonchev–Trinajstić information content (AvgIpc) is 2.91. The smallest absolute Gasteiger partial charge is 0.271 e. The molecule has 2 heterocycles. The lowest BCUT2D eigenvalue weighted by atomic mass is 9.72. The van der Waals surface area contributed by atoms with E-state index >= 15 is 0 Å². The summed E-state index contributed by atoms with van der Waals surface area (Å²) < 4.78 is 2.23. The van der Waals surface area contributed by atoms with Crippen LogP contribution in [0.5, 0.6) is 0 Å². The van der Waals surface area contributed by atoms with Crippen LogP contribution in [0.25, 0.3) is 0 Å². The molecule has 1 aromatic heterocycles. The fourth-order valence-corrected chi connectivity index (χ4v) is 4.21. The van der Waals surface area contributed by atoms with E-state index in [-0.39, 0.29) is 5.91 Å². The van der Waals surface area contributed by atoms with Gasteiger partial charge in [-0.15, -0.1) is 0 Å². The molecule has 22 heavy (non-hydrogen) atoms. The van der Waals surface area contributed by atoms with Gasteiger partial charge in [0.2, 0.25) is 0 Å². The summed E-state index contributed by atoms with van der Waals surface area (Å²) in [6.45, 7) is 6.11. The number of imidazole rings is 1. The number of rotatable bonds is 4. The standard InChI is InChI=1S/C18H29N3O/c1-3-18(10-6-4-7-11-18)13-19-17(22)16-15-9-5-8-12-21(15)14(2)20-16/h3-13H2,1-2H3,(H,19,22). The maximum absolute atomic E-state index is 12.6. The van der Waals surface area contributed by atoms with Gasteiger partial charge in [0.25, 0.3) is 5.91 Å². The van der Waals surface area contributed by atoms with Crippen LogP contribution < -0.4 is 5.32 Å². The third-order valence-electron chi connectivity index (χ3n) is 5.81. The van der Waals surface area contributed by atoms with Crippen LogP contribution in [0.1, 0.15) is 80.3 Å². The highest BCUT2D eigenvalue weighted by Crippen LogP contribution is 2.38. The molecule has 3 rings (SSSR count). The molecule has 1 fully saturated rings. The van der Waals surface area contributed by atoms with Gasteiger partial charge in [0.15, 0.2) is 0 Å². The maximum atomic E-state index is 12.6. The molecule has 1 aliphatic heterocycles. The highest BCUT2D eigenvalue weighted by atomic mass is 16.1. The molecule has 1 amide bonds. The van der Waals surface area contributed by atoms with Crippen molar-refractivity contribution in [1.29, 1.82) is 0 Å². The molecular weight excluding hydrogens is 274 g/mol. The van der Waals surface area contributed by atoms with Crippen molar-refractivity contribution in [2.45, 2.75) is 78.2 Å². The summed E-state index contributed by atoms with van der Waals surface area (Å²) in [5.74, 6) is 1.03. The fourth-order valence-electron chi connectivity index (χ4n) is 4.21. The number of carbonyl (C=O) groups is 1. The molecule has 4 heteroatoms. The van der Waals surface area contributed by atoms with Gasteiger partial charge in [0.1, 0.15) is 11.5 Å². The molecule has 122 valence electrons. The number of amides is 1. The minimum absolute atomic E-state index is 0.0390. The number of hydrogen-bond donors (Lipinski definition) is 1. The lowest BCUT2D eigenvalue weighted by molar-refractivity contribution is 0.0899. The van der Waals surface area contributed by atoms with Crippen molar-refractivity contribution in [2.24, 2.45) is 5.41 Å². The molecule has 1 N–H and O–H groups in total. The Balaban J connectivity index is 1.69.